The van der Waals surface area contributed by atoms with Crippen LogP contribution in [0.5, 0.6) is 0 Å². The Morgan fingerprint density at radius 1 is 1.22 bits per heavy atom. The number of anilines is 1. The van der Waals surface area contributed by atoms with E-state index >= 15 is 0 Å². The highest BCUT2D eigenvalue weighted by molar-refractivity contribution is 7.13. The van der Waals surface area contributed by atoms with Crippen LogP contribution < -0.4 is 10.6 Å². The second-order valence-corrected chi connectivity index (χ2v) is 6.56. The molecule has 0 aliphatic rings. The summed E-state index contributed by atoms with van der Waals surface area (Å²) in [5.41, 5.74) is 1.50. The molecule has 0 aliphatic heterocycles. The first-order chi connectivity index (χ1) is 10.8. The molecular weight excluding hydrogens is 316 g/mol. The normalized spacial score (nSPS) is 12.3. The first-order valence-electron chi connectivity index (χ1n) is 6.96. The number of alkyl carbamates (subject to hydrolysis) is 1. The van der Waals surface area contributed by atoms with Crippen molar-refractivity contribution >= 4 is 28.5 Å². The largest absolute Gasteiger partial charge is 0.444 e. The number of benzene rings is 1. The zero-order valence-electron chi connectivity index (χ0n) is 13.1. The fraction of sp³-hybridized carbons (Fsp3) is 0.333. The third kappa shape index (κ3) is 5.33. The van der Waals surface area contributed by atoms with Crippen molar-refractivity contribution in [2.45, 2.75) is 32.4 Å². The number of rotatable bonds is 4. The Balaban J connectivity index is 2.15. The molecule has 0 radical (unpaired) electrons. The van der Waals surface area contributed by atoms with Gasteiger partial charge in [-0.15, -0.1) is 10.2 Å². The molecule has 0 bridgehead atoms. The Kier molecular flexibility index (Phi) is 5.28. The minimum absolute atomic E-state index is 0.363. The van der Waals surface area contributed by atoms with E-state index in [4.69, 9.17) is 4.74 Å². The van der Waals surface area contributed by atoms with Crippen LogP contribution >= 0.6 is 11.3 Å². The van der Waals surface area contributed by atoms with Crippen molar-refractivity contribution in [3.8, 4) is 0 Å². The summed E-state index contributed by atoms with van der Waals surface area (Å²) in [6.45, 7) is 5.27. The van der Waals surface area contributed by atoms with E-state index in [1.165, 1.54) is 16.8 Å². The van der Waals surface area contributed by atoms with E-state index in [-0.39, 0.29) is 0 Å². The number of carbonyl (C=O) groups is 2. The average molecular weight is 334 g/mol. The molecule has 0 spiro atoms. The van der Waals surface area contributed by atoms with Gasteiger partial charge in [0.25, 0.3) is 5.91 Å². The maximum atomic E-state index is 12.5. The van der Waals surface area contributed by atoms with Gasteiger partial charge in [-0.3, -0.25) is 10.1 Å². The fourth-order valence-electron chi connectivity index (χ4n) is 1.78. The first kappa shape index (κ1) is 16.9. The molecule has 8 heteroatoms. The van der Waals surface area contributed by atoms with Gasteiger partial charge in [0.1, 0.15) is 17.2 Å². The molecular formula is C15H18N4O3S. The number of carbonyl (C=O) groups excluding carboxylic acids is 2. The summed E-state index contributed by atoms with van der Waals surface area (Å²) < 4.78 is 5.22. The van der Waals surface area contributed by atoms with E-state index in [0.717, 1.165) is 0 Å². The molecule has 2 aromatic rings. The van der Waals surface area contributed by atoms with E-state index in [9.17, 15) is 9.59 Å². The van der Waals surface area contributed by atoms with Gasteiger partial charge in [0.15, 0.2) is 0 Å². The number of nitrogens with zero attached hydrogens (tertiary/aromatic N) is 2. The maximum Gasteiger partial charge on any atom is 0.408 e. The predicted octanol–water partition coefficient (Wildman–Crippen LogP) is 2.74. The van der Waals surface area contributed by atoms with Crippen molar-refractivity contribution in [1.82, 2.24) is 15.5 Å². The van der Waals surface area contributed by atoms with Crippen LogP contribution in [0.3, 0.4) is 0 Å². The number of aromatic nitrogens is 2. The number of hydrogen-bond acceptors (Lipinski definition) is 6. The molecule has 0 saturated heterocycles. The summed E-state index contributed by atoms with van der Waals surface area (Å²) in [5.74, 6) is -0.418. The van der Waals surface area contributed by atoms with Gasteiger partial charge in [-0.05, 0) is 26.3 Å². The summed E-state index contributed by atoms with van der Waals surface area (Å²) in [6.07, 6.45) is -0.668. The Morgan fingerprint density at radius 2 is 1.91 bits per heavy atom. The van der Waals surface area contributed by atoms with Crippen molar-refractivity contribution in [2.75, 3.05) is 5.32 Å². The van der Waals surface area contributed by atoms with Crippen LogP contribution in [0.1, 0.15) is 32.4 Å². The van der Waals surface area contributed by atoms with E-state index < -0.39 is 23.6 Å². The Bertz CT molecular complexity index is 653. The minimum Gasteiger partial charge on any atom is -0.444 e. The van der Waals surface area contributed by atoms with Crippen molar-refractivity contribution < 1.29 is 14.3 Å². The van der Waals surface area contributed by atoms with Gasteiger partial charge in [0.2, 0.25) is 5.13 Å². The summed E-state index contributed by atoms with van der Waals surface area (Å²) in [6, 6.07) is 8.02. The lowest BCUT2D eigenvalue weighted by atomic mass is 10.1. The van der Waals surface area contributed by atoms with Crippen molar-refractivity contribution in [1.29, 1.82) is 0 Å². The number of hydrogen-bond donors (Lipinski definition) is 2. The molecule has 0 fully saturated rings. The molecule has 1 aromatic carbocycles. The summed E-state index contributed by atoms with van der Waals surface area (Å²) in [5, 5.41) is 13.0. The standard InChI is InChI=1S/C15H18N4O3S/c1-15(2,3)22-14(21)17-11(10-7-5-4-6-8-10)12(20)18-13-19-16-9-23-13/h4-9,11H,1-3H3,(H,17,21)(H,18,19,20)/t11-/m0/s1. The summed E-state index contributed by atoms with van der Waals surface area (Å²) in [4.78, 5) is 24.5. The summed E-state index contributed by atoms with van der Waals surface area (Å²) >= 11 is 1.19. The van der Waals surface area contributed by atoms with Gasteiger partial charge >= 0.3 is 6.09 Å². The molecule has 1 heterocycles. The lowest BCUT2D eigenvalue weighted by Gasteiger charge is -2.23. The lowest BCUT2D eigenvalue weighted by Crippen LogP contribution is -2.40. The third-order valence-electron chi connectivity index (χ3n) is 2.65. The van der Waals surface area contributed by atoms with Crippen molar-refractivity contribution in [2.24, 2.45) is 0 Å². The van der Waals surface area contributed by atoms with E-state index in [1.54, 1.807) is 45.0 Å². The maximum absolute atomic E-state index is 12.5. The van der Waals surface area contributed by atoms with Gasteiger partial charge in [0, 0.05) is 0 Å². The van der Waals surface area contributed by atoms with Gasteiger partial charge in [-0.2, -0.15) is 0 Å². The molecule has 1 aromatic heterocycles. The molecule has 2 amide bonds. The SMILES string of the molecule is CC(C)(C)OC(=O)N[C@H](C(=O)Nc1nncs1)c1ccccc1. The molecule has 122 valence electrons. The predicted molar refractivity (Wildman–Crippen MR) is 87.1 cm³/mol. The summed E-state index contributed by atoms with van der Waals surface area (Å²) in [7, 11) is 0. The van der Waals surface area contributed by atoms with Gasteiger partial charge < -0.3 is 10.1 Å². The zero-order chi connectivity index (χ0) is 16.9. The van der Waals surface area contributed by atoms with Crippen molar-refractivity contribution in [3.05, 3.63) is 41.4 Å². The number of nitrogens with one attached hydrogen (secondary N) is 2. The van der Waals surface area contributed by atoms with Gasteiger partial charge in [0.05, 0.1) is 0 Å². The average Bonchev–Trinajstić information content (AvgIpc) is 2.96. The Hall–Kier alpha value is -2.48. The van der Waals surface area contributed by atoms with E-state index in [0.29, 0.717) is 10.7 Å². The molecule has 23 heavy (non-hydrogen) atoms. The van der Waals surface area contributed by atoms with Crippen molar-refractivity contribution in [3.63, 3.8) is 0 Å². The molecule has 2 N–H and O–H groups in total. The molecule has 7 nitrogen and oxygen atoms in total. The molecule has 1 atom stereocenters. The third-order valence-corrected chi connectivity index (χ3v) is 3.25. The first-order valence-corrected chi connectivity index (χ1v) is 7.84. The molecule has 0 saturated carbocycles. The monoisotopic (exact) mass is 334 g/mol. The van der Waals surface area contributed by atoms with Crippen LogP contribution in [0.4, 0.5) is 9.93 Å². The van der Waals surface area contributed by atoms with Crippen LogP contribution in [0, 0.1) is 0 Å². The smallest absolute Gasteiger partial charge is 0.408 e. The number of ether oxygens (including phenoxy) is 1. The molecule has 0 aliphatic carbocycles. The highest BCUT2D eigenvalue weighted by Gasteiger charge is 2.26. The van der Waals surface area contributed by atoms with Gasteiger partial charge in [-0.1, -0.05) is 41.7 Å². The van der Waals surface area contributed by atoms with Gasteiger partial charge in [-0.25, -0.2) is 4.79 Å². The second kappa shape index (κ2) is 7.19. The van der Waals surface area contributed by atoms with Crippen LogP contribution in [0.25, 0.3) is 0 Å². The Morgan fingerprint density at radius 3 is 2.48 bits per heavy atom. The quantitative estimate of drug-likeness (QED) is 0.897. The van der Waals surface area contributed by atoms with Crippen LogP contribution in [-0.2, 0) is 9.53 Å². The van der Waals surface area contributed by atoms with Crippen LogP contribution in [0.2, 0.25) is 0 Å². The van der Waals surface area contributed by atoms with E-state index in [2.05, 4.69) is 20.8 Å². The minimum atomic E-state index is -0.894. The fourth-order valence-corrected chi connectivity index (χ4v) is 2.22. The number of amides is 2. The molecule has 2 rings (SSSR count). The van der Waals surface area contributed by atoms with Crippen LogP contribution in [-0.4, -0.2) is 27.8 Å². The topological polar surface area (TPSA) is 93.2 Å². The lowest BCUT2D eigenvalue weighted by molar-refractivity contribution is -0.118. The van der Waals surface area contributed by atoms with E-state index in [1.807, 2.05) is 6.07 Å². The molecule has 0 unspecified atom stereocenters. The Labute approximate surface area is 138 Å². The highest BCUT2D eigenvalue weighted by atomic mass is 32.1. The highest BCUT2D eigenvalue weighted by Crippen LogP contribution is 2.18. The second-order valence-electron chi connectivity index (χ2n) is 5.72. The van der Waals surface area contributed by atoms with Crippen LogP contribution in [0.15, 0.2) is 35.8 Å². The zero-order valence-corrected chi connectivity index (χ0v) is 13.9.